The van der Waals surface area contributed by atoms with Gasteiger partial charge in [0.15, 0.2) is 0 Å². The Kier molecular flexibility index (Phi) is 10.6. The summed E-state index contributed by atoms with van der Waals surface area (Å²) in [7, 11) is -4.89. The molecule has 0 saturated carbocycles. The van der Waals surface area contributed by atoms with Gasteiger partial charge in [0.25, 0.3) is 0 Å². The number of nitrogens with zero attached hydrogens (tertiary/aromatic N) is 1. The quantitative estimate of drug-likeness (QED) is 0.131. The van der Waals surface area contributed by atoms with Crippen LogP contribution in [0.25, 0.3) is 0 Å². The van der Waals surface area contributed by atoms with Gasteiger partial charge in [-0.2, -0.15) is 0 Å². The smallest absolute Gasteiger partial charge is 0.335 e. The minimum atomic E-state index is -3.27. The second kappa shape index (κ2) is 13.7. The first-order valence-corrected chi connectivity index (χ1v) is 17.7. The lowest BCUT2D eigenvalue weighted by Crippen LogP contribution is -2.15. The number of hydrogen-bond donors (Lipinski definition) is 0. The van der Waals surface area contributed by atoms with Crippen LogP contribution in [-0.4, -0.2) is 33.5 Å². The highest BCUT2D eigenvalue weighted by Crippen LogP contribution is 2.56. The van der Waals surface area contributed by atoms with E-state index in [0.717, 1.165) is 43.7 Å². The van der Waals surface area contributed by atoms with Crippen LogP contribution in [0.2, 0.25) is 0 Å². The average Bonchev–Trinajstić information content (AvgIpc) is 2.92. The molecule has 3 aromatic carbocycles. The average molecular weight is 606 g/mol. The maximum Gasteiger partial charge on any atom is 0.335 e. The molecule has 0 amide bonds. The number of fused-ring (bicyclic) bond motifs is 2. The Hall–Kier alpha value is -2.09. The highest BCUT2D eigenvalue weighted by molar-refractivity contribution is 7.99. The van der Waals surface area contributed by atoms with E-state index in [1.54, 1.807) is 18.9 Å². The van der Waals surface area contributed by atoms with E-state index < -0.39 is 15.2 Å². The van der Waals surface area contributed by atoms with Crippen molar-refractivity contribution in [1.29, 1.82) is 0 Å². The van der Waals surface area contributed by atoms with Crippen molar-refractivity contribution in [2.24, 2.45) is 0 Å². The number of rotatable bonds is 14. The highest BCUT2D eigenvalue weighted by Gasteiger charge is 2.30. The molecule has 1 aliphatic rings. The van der Waals surface area contributed by atoms with Gasteiger partial charge in [0, 0.05) is 15.5 Å². The van der Waals surface area contributed by atoms with Crippen molar-refractivity contribution in [3.63, 3.8) is 0 Å². The second-order valence-electron chi connectivity index (χ2n) is 8.95. The Morgan fingerprint density at radius 1 is 0.650 bits per heavy atom. The Balaban J connectivity index is 1.76. The molecule has 0 aliphatic carbocycles. The van der Waals surface area contributed by atoms with Crippen molar-refractivity contribution >= 4 is 44.0 Å². The summed E-state index contributed by atoms with van der Waals surface area (Å²) in [5.74, 6) is 0.770. The van der Waals surface area contributed by atoms with Crippen LogP contribution in [0.4, 0.5) is 17.1 Å². The zero-order chi connectivity index (χ0) is 28.8. The molecule has 40 heavy (non-hydrogen) atoms. The van der Waals surface area contributed by atoms with E-state index in [1.165, 1.54) is 0 Å². The molecule has 0 unspecified atom stereocenters. The van der Waals surface area contributed by atoms with Crippen molar-refractivity contribution in [3.05, 3.63) is 71.8 Å². The third-order valence-electron chi connectivity index (χ3n) is 6.14. The van der Waals surface area contributed by atoms with Gasteiger partial charge < -0.3 is 27.7 Å². The molecule has 1 aliphatic heterocycles. The molecular formula is C29H37NO7P2S. The van der Waals surface area contributed by atoms with E-state index in [1.807, 2.05) is 88.4 Å². The van der Waals surface area contributed by atoms with E-state index in [4.69, 9.17) is 22.8 Å². The lowest BCUT2D eigenvalue weighted by molar-refractivity contribution is 0.218. The molecule has 8 nitrogen and oxygen atoms in total. The van der Waals surface area contributed by atoms with Gasteiger partial charge in [-0.1, -0.05) is 23.9 Å². The number of anilines is 3. The fraction of sp³-hybridized carbons (Fsp3) is 0.379. The summed E-state index contributed by atoms with van der Waals surface area (Å²) in [5, 5.41) is 0. The molecule has 11 heteroatoms. The van der Waals surface area contributed by atoms with Crippen LogP contribution in [0.1, 0.15) is 38.8 Å². The predicted molar refractivity (Wildman–Crippen MR) is 161 cm³/mol. The maximum atomic E-state index is 13.3. The van der Waals surface area contributed by atoms with Crippen LogP contribution in [-0.2, 0) is 39.5 Å². The largest absolute Gasteiger partial charge is 0.497 e. The summed E-state index contributed by atoms with van der Waals surface area (Å²) in [4.78, 5) is 4.18. The predicted octanol–water partition coefficient (Wildman–Crippen LogP) is 9.16. The molecule has 0 N–H and O–H groups in total. The minimum Gasteiger partial charge on any atom is -0.497 e. The molecule has 0 atom stereocenters. The van der Waals surface area contributed by atoms with Gasteiger partial charge in [-0.25, -0.2) is 0 Å². The second-order valence-corrected chi connectivity index (χ2v) is 14.1. The monoisotopic (exact) mass is 605 g/mol. The zero-order valence-corrected chi connectivity index (χ0v) is 26.2. The van der Waals surface area contributed by atoms with Crippen LogP contribution in [0, 0.1) is 0 Å². The molecule has 4 rings (SSSR count). The molecule has 1 heterocycles. The van der Waals surface area contributed by atoms with Gasteiger partial charge in [-0.05, 0) is 87.4 Å². The van der Waals surface area contributed by atoms with Crippen LogP contribution in [0.15, 0.2) is 70.5 Å². The van der Waals surface area contributed by atoms with Crippen molar-refractivity contribution in [2.75, 3.05) is 38.4 Å². The zero-order valence-electron chi connectivity index (χ0n) is 23.6. The maximum absolute atomic E-state index is 13.3. The Morgan fingerprint density at radius 3 is 1.45 bits per heavy atom. The first-order valence-electron chi connectivity index (χ1n) is 13.4. The number of ether oxygens (including phenoxy) is 1. The summed E-state index contributed by atoms with van der Waals surface area (Å²) in [6, 6.07) is 20.0. The van der Waals surface area contributed by atoms with E-state index in [0.29, 0.717) is 26.4 Å². The molecule has 0 aromatic heterocycles. The highest BCUT2D eigenvalue weighted by atomic mass is 32.2. The van der Waals surface area contributed by atoms with E-state index in [-0.39, 0.29) is 12.3 Å². The van der Waals surface area contributed by atoms with Crippen LogP contribution in [0.3, 0.4) is 0 Å². The van der Waals surface area contributed by atoms with Crippen molar-refractivity contribution in [1.82, 2.24) is 0 Å². The van der Waals surface area contributed by atoms with Crippen molar-refractivity contribution in [3.8, 4) is 5.75 Å². The Labute approximate surface area is 241 Å². The van der Waals surface area contributed by atoms with Gasteiger partial charge in [-0.3, -0.25) is 9.13 Å². The number of benzene rings is 3. The molecule has 0 bridgehead atoms. The molecule has 0 fully saturated rings. The molecule has 0 saturated heterocycles. The number of methoxy groups -OCH3 is 1. The van der Waals surface area contributed by atoms with Gasteiger partial charge in [-0.15, -0.1) is 0 Å². The van der Waals surface area contributed by atoms with Gasteiger partial charge >= 0.3 is 15.2 Å². The fourth-order valence-electron chi connectivity index (χ4n) is 4.60. The molecule has 0 spiro atoms. The summed E-state index contributed by atoms with van der Waals surface area (Å²) in [5.41, 5.74) is 4.69. The minimum absolute atomic E-state index is 0.184. The summed E-state index contributed by atoms with van der Waals surface area (Å²) < 4.78 is 54.1. The third kappa shape index (κ3) is 7.21. The molecular weight excluding hydrogens is 568 g/mol. The fourth-order valence-corrected chi connectivity index (χ4v) is 9.16. The van der Waals surface area contributed by atoms with Gasteiger partial charge in [0.1, 0.15) is 5.75 Å². The summed E-state index contributed by atoms with van der Waals surface area (Å²) in [6.07, 6.45) is 0.369. The Bertz CT molecular complexity index is 1300. The van der Waals surface area contributed by atoms with Crippen LogP contribution in [0.5, 0.6) is 5.75 Å². The summed E-state index contributed by atoms with van der Waals surface area (Å²) in [6.45, 7) is 8.49. The first-order chi connectivity index (χ1) is 19.3. The lowest BCUT2D eigenvalue weighted by Gasteiger charge is -2.33. The van der Waals surface area contributed by atoms with Crippen molar-refractivity contribution in [2.45, 2.75) is 49.8 Å². The van der Waals surface area contributed by atoms with E-state index in [9.17, 15) is 9.13 Å². The Morgan fingerprint density at radius 2 is 1.07 bits per heavy atom. The third-order valence-corrected chi connectivity index (χ3v) is 11.3. The molecule has 0 radical (unpaired) electrons. The topological polar surface area (TPSA) is 83.5 Å². The van der Waals surface area contributed by atoms with Gasteiger partial charge in [0.05, 0.1) is 57.2 Å². The summed E-state index contributed by atoms with van der Waals surface area (Å²) >= 11 is 1.61. The van der Waals surface area contributed by atoms with Crippen LogP contribution >= 0.6 is 27.0 Å². The van der Waals surface area contributed by atoms with Gasteiger partial charge in [0.2, 0.25) is 0 Å². The standard InChI is InChI=1S/C29H37NO7P2S/c1-6-34-38(31,35-7-2)20-22-10-16-26-28(18-22)40-29-19-23(21-39(32,36-8-3)37-9-4)11-17-27(29)30(26)24-12-14-25(33-5)15-13-24/h10-19H,6-9,20-21H2,1-5H3. The van der Waals surface area contributed by atoms with Crippen LogP contribution < -0.4 is 9.64 Å². The van der Waals surface area contributed by atoms with E-state index in [2.05, 4.69) is 4.90 Å². The molecule has 216 valence electrons. The molecule has 3 aromatic rings. The number of hydrogen-bond acceptors (Lipinski definition) is 9. The normalized spacial score (nSPS) is 13.2. The lowest BCUT2D eigenvalue weighted by atomic mass is 10.1. The first kappa shape index (κ1) is 30.9. The van der Waals surface area contributed by atoms with E-state index >= 15 is 0 Å². The van der Waals surface area contributed by atoms with Crippen molar-refractivity contribution < 1.29 is 32.0 Å². The SMILES string of the molecule is CCOP(=O)(Cc1ccc2c(c1)Sc1cc(CP(=O)(OCC)OCC)ccc1N2c1ccc(OC)cc1)OCC.